The van der Waals surface area contributed by atoms with Gasteiger partial charge in [0.25, 0.3) is 5.91 Å². The molecule has 1 heterocycles. The van der Waals surface area contributed by atoms with Crippen LogP contribution in [0.25, 0.3) is 0 Å². The maximum absolute atomic E-state index is 13.5. The van der Waals surface area contributed by atoms with Crippen molar-refractivity contribution in [3.8, 4) is 0 Å². The van der Waals surface area contributed by atoms with E-state index < -0.39 is 0 Å². The van der Waals surface area contributed by atoms with E-state index in [1.165, 1.54) is 23.3 Å². The number of nitrogens with one attached hydrogen (secondary N) is 1. The highest BCUT2D eigenvalue weighted by atomic mass is 19.1. The molecule has 0 aromatic heterocycles. The van der Waals surface area contributed by atoms with E-state index in [2.05, 4.69) is 23.5 Å². The largest absolute Gasteiger partial charge is 0.359 e. The van der Waals surface area contributed by atoms with Gasteiger partial charge in [0.05, 0.1) is 0 Å². The molecule has 2 aliphatic rings. The molecule has 1 unspecified atom stereocenters. The van der Waals surface area contributed by atoms with Gasteiger partial charge < -0.3 is 10.2 Å². The minimum absolute atomic E-state index is 0.0218. The minimum atomic E-state index is -0.388. The van der Waals surface area contributed by atoms with Crippen LogP contribution in [0.5, 0.6) is 0 Å². The Hall–Kier alpha value is -2.69. The Morgan fingerprint density at radius 1 is 1.14 bits per heavy atom. The van der Waals surface area contributed by atoms with Crippen molar-refractivity contribution in [1.29, 1.82) is 0 Å². The van der Waals surface area contributed by atoms with Crippen molar-refractivity contribution in [2.75, 3.05) is 20.1 Å². The Labute approximate surface area is 164 Å². The van der Waals surface area contributed by atoms with Crippen LogP contribution in [0.3, 0.4) is 0 Å². The van der Waals surface area contributed by atoms with Crippen LogP contribution in [0.4, 0.5) is 4.39 Å². The number of carbonyl (C=O) groups excluding carboxylic acids is 2. The normalized spacial score (nSPS) is 20.1. The van der Waals surface area contributed by atoms with Gasteiger partial charge in [-0.05, 0) is 59.9 Å². The van der Waals surface area contributed by atoms with Gasteiger partial charge >= 0.3 is 0 Å². The van der Waals surface area contributed by atoms with Gasteiger partial charge in [-0.3, -0.25) is 9.59 Å². The molecule has 1 saturated heterocycles. The number of rotatable bonds is 3. The molecule has 0 radical (unpaired) electrons. The maximum atomic E-state index is 13.5. The van der Waals surface area contributed by atoms with Gasteiger partial charge in [-0.15, -0.1) is 0 Å². The lowest BCUT2D eigenvalue weighted by atomic mass is 9.73. The number of likely N-dealkylation sites (tertiary alicyclic amines) is 1. The molecule has 0 bridgehead atoms. The van der Waals surface area contributed by atoms with Crippen LogP contribution in [0, 0.1) is 5.82 Å². The van der Waals surface area contributed by atoms with E-state index in [4.69, 9.17) is 0 Å². The zero-order valence-electron chi connectivity index (χ0n) is 16.1. The zero-order chi connectivity index (χ0) is 19.7. The van der Waals surface area contributed by atoms with Crippen molar-refractivity contribution in [1.82, 2.24) is 10.2 Å². The van der Waals surface area contributed by atoms with Gasteiger partial charge in [-0.1, -0.05) is 30.3 Å². The Morgan fingerprint density at radius 3 is 2.61 bits per heavy atom. The molecule has 5 heteroatoms. The second-order valence-corrected chi connectivity index (χ2v) is 7.95. The molecule has 2 aromatic rings. The molecule has 1 aliphatic carbocycles. The summed E-state index contributed by atoms with van der Waals surface area (Å²) in [4.78, 5) is 26.6. The highest BCUT2D eigenvalue weighted by molar-refractivity contribution is 5.94. The number of hydrogen-bond acceptors (Lipinski definition) is 2. The van der Waals surface area contributed by atoms with E-state index in [9.17, 15) is 14.0 Å². The van der Waals surface area contributed by atoms with Crippen LogP contribution in [0.15, 0.2) is 48.5 Å². The van der Waals surface area contributed by atoms with Crippen molar-refractivity contribution in [2.45, 2.75) is 37.0 Å². The Bertz CT molecular complexity index is 903. The summed E-state index contributed by atoms with van der Waals surface area (Å²) in [5.41, 5.74) is 3.03. The summed E-state index contributed by atoms with van der Waals surface area (Å²) in [6.07, 6.45) is 3.19. The molecular weight excluding hydrogens is 355 g/mol. The second kappa shape index (κ2) is 7.38. The zero-order valence-corrected chi connectivity index (χ0v) is 16.1. The van der Waals surface area contributed by atoms with Crippen LogP contribution in [0.2, 0.25) is 0 Å². The number of amides is 2. The first-order valence-corrected chi connectivity index (χ1v) is 9.87. The van der Waals surface area contributed by atoms with E-state index in [-0.39, 0.29) is 29.0 Å². The first-order chi connectivity index (χ1) is 13.5. The van der Waals surface area contributed by atoms with Crippen molar-refractivity contribution in [2.24, 2.45) is 0 Å². The summed E-state index contributed by atoms with van der Waals surface area (Å²) in [6.45, 7) is 1.30. The third-order valence-electron chi connectivity index (χ3n) is 6.40. The molecule has 1 fully saturated rings. The number of carbonyl (C=O) groups is 2. The summed E-state index contributed by atoms with van der Waals surface area (Å²) < 4.78 is 13.5. The summed E-state index contributed by atoms with van der Waals surface area (Å²) >= 11 is 0. The van der Waals surface area contributed by atoms with Gasteiger partial charge in [-0.25, -0.2) is 4.39 Å². The van der Waals surface area contributed by atoms with Crippen LogP contribution in [-0.4, -0.2) is 36.9 Å². The van der Waals surface area contributed by atoms with E-state index in [1.807, 2.05) is 11.0 Å². The fraction of sp³-hybridized carbons (Fsp3) is 0.391. The average Bonchev–Trinajstić information content (AvgIpc) is 3.01. The van der Waals surface area contributed by atoms with Gasteiger partial charge in [-0.2, -0.15) is 0 Å². The topological polar surface area (TPSA) is 49.4 Å². The fourth-order valence-electron chi connectivity index (χ4n) is 4.95. The lowest BCUT2D eigenvalue weighted by Crippen LogP contribution is -2.44. The Morgan fingerprint density at radius 2 is 1.89 bits per heavy atom. The summed E-state index contributed by atoms with van der Waals surface area (Å²) in [5.74, 6) is -0.208. The quantitative estimate of drug-likeness (QED) is 0.884. The minimum Gasteiger partial charge on any atom is -0.359 e. The molecule has 28 heavy (non-hydrogen) atoms. The number of halogens is 1. The second-order valence-electron chi connectivity index (χ2n) is 7.95. The molecule has 1 aliphatic heterocycles. The predicted octanol–water partition coefficient (Wildman–Crippen LogP) is 3.62. The third kappa shape index (κ3) is 3.30. The van der Waals surface area contributed by atoms with E-state index in [0.29, 0.717) is 25.1 Å². The maximum Gasteiger partial charge on any atom is 0.253 e. The number of piperidine rings is 1. The SMILES string of the molecule is CNC(=O)CC1CC2(CCN(C(=O)c3cccc(F)c3)CC2)c2ccccc21. The first-order valence-electron chi connectivity index (χ1n) is 9.87. The summed E-state index contributed by atoms with van der Waals surface area (Å²) in [5, 5.41) is 2.74. The van der Waals surface area contributed by atoms with Crippen LogP contribution in [0.1, 0.15) is 53.1 Å². The number of nitrogens with zero attached hydrogens (tertiary/aromatic N) is 1. The van der Waals surface area contributed by atoms with Gasteiger partial charge in [0.2, 0.25) is 5.91 Å². The molecule has 0 saturated carbocycles. The predicted molar refractivity (Wildman–Crippen MR) is 106 cm³/mol. The molecule has 2 amide bonds. The van der Waals surface area contributed by atoms with E-state index in [1.54, 1.807) is 19.2 Å². The lowest BCUT2D eigenvalue weighted by molar-refractivity contribution is -0.121. The van der Waals surface area contributed by atoms with E-state index >= 15 is 0 Å². The highest BCUT2D eigenvalue weighted by Crippen LogP contribution is 2.52. The van der Waals surface area contributed by atoms with Gasteiger partial charge in [0.15, 0.2) is 0 Å². The molecule has 1 atom stereocenters. The monoisotopic (exact) mass is 380 g/mol. The smallest absolute Gasteiger partial charge is 0.253 e. The molecule has 1 spiro atoms. The number of benzene rings is 2. The van der Waals surface area contributed by atoms with Crippen LogP contribution in [-0.2, 0) is 10.2 Å². The Balaban J connectivity index is 1.52. The summed E-state index contributed by atoms with van der Waals surface area (Å²) in [6, 6.07) is 14.3. The lowest BCUT2D eigenvalue weighted by Gasteiger charge is -2.40. The van der Waals surface area contributed by atoms with Crippen LogP contribution < -0.4 is 5.32 Å². The number of fused-ring (bicyclic) bond motifs is 2. The van der Waals surface area contributed by atoms with Crippen molar-refractivity contribution < 1.29 is 14.0 Å². The highest BCUT2D eigenvalue weighted by Gasteiger charge is 2.46. The standard InChI is InChI=1S/C23H25FN2O2/c1-25-21(27)14-17-15-23(20-8-3-2-7-19(17)20)9-11-26(12-10-23)22(28)16-5-4-6-18(24)13-16/h2-8,13,17H,9-12,14-15H2,1H3,(H,25,27). The summed E-state index contributed by atoms with van der Waals surface area (Å²) in [7, 11) is 1.68. The van der Waals surface area contributed by atoms with Crippen molar-refractivity contribution >= 4 is 11.8 Å². The number of hydrogen-bond donors (Lipinski definition) is 1. The fourth-order valence-corrected chi connectivity index (χ4v) is 4.95. The van der Waals surface area contributed by atoms with Crippen molar-refractivity contribution in [3.63, 3.8) is 0 Å². The van der Waals surface area contributed by atoms with Gasteiger partial charge in [0, 0.05) is 32.1 Å². The van der Waals surface area contributed by atoms with Crippen LogP contribution >= 0.6 is 0 Å². The molecule has 4 nitrogen and oxygen atoms in total. The van der Waals surface area contributed by atoms with Gasteiger partial charge in [0.1, 0.15) is 5.82 Å². The molecular formula is C23H25FN2O2. The molecule has 146 valence electrons. The Kier molecular flexibility index (Phi) is 4.92. The average molecular weight is 380 g/mol. The third-order valence-corrected chi connectivity index (χ3v) is 6.40. The molecule has 1 N–H and O–H groups in total. The molecule has 4 rings (SSSR count). The van der Waals surface area contributed by atoms with Crippen molar-refractivity contribution in [3.05, 3.63) is 71.0 Å². The molecule has 2 aromatic carbocycles. The first kappa shape index (κ1) is 18.7. The van der Waals surface area contributed by atoms with E-state index in [0.717, 1.165) is 19.3 Å².